The van der Waals surface area contributed by atoms with Gasteiger partial charge in [-0.3, -0.25) is 4.98 Å². The van der Waals surface area contributed by atoms with Crippen LogP contribution in [-0.4, -0.2) is 10.1 Å². The van der Waals surface area contributed by atoms with Gasteiger partial charge in [-0.25, -0.2) is 0 Å². The van der Waals surface area contributed by atoms with E-state index in [2.05, 4.69) is 4.98 Å². The lowest BCUT2D eigenvalue weighted by Crippen LogP contribution is -2.00. The Hall–Kier alpha value is -1.38. The van der Waals surface area contributed by atoms with E-state index in [1.807, 2.05) is 30.3 Å². The second-order valence-corrected chi connectivity index (χ2v) is 3.62. The highest BCUT2D eigenvalue weighted by Gasteiger charge is 2.12. The van der Waals surface area contributed by atoms with Crippen LogP contribution in [0.1, 0.15) is 17.2 Å². The summed E-state index contributed by atoms with van der Waals surface area (Å²) in [7, 11) is 0. The molecule has 1 aromatic heterocycles. The molecule has 3 heteroatoms. The van der Waals surface area contributed by atoms with E-state index in [4.69, 9.17) is 11.6 Å². The molecule has 1 aromatic carbocycles. The highest BCUT2D eigenvalue weighted by molar-refractivity contribution is 6.31. The number of aliphatic hydroxyl groups is 1. The van der Waals surface area contributed by atoms with Crippen LogP contribution in [0, 0.1) is 0 Å². The van der Waals surface area contributed by atoms with E-state index in [1.54, 1.807) is 18.5 Å². The molecule has 2 nitrogen and oxygen atoms in total. The van der Waals surface area contributed by atoms with Crippen LogP contribution < -0.4 is 0 Å². The van der Waals surface area contributed by atoms with Gasteiger partial charge in [0.25, 0.3) is 0 Å². The second kappa shape index (κ2) is 4.43. The summed E-state index contributed by atoms with van der Waals surface area (Å²) in [6.07, 6.45) is 2.47. The summed E-state index contributed by atoms with van der Waals surface area (Å²) < 4.78 is 0. The topological polar surface area (TPSA) is 33.1 Å². The smallest absolute Gasteiger partial charge is 0.107 e. The molecule has 0 amide bonds. The minimum absolute atomic E-state index is 0.529. The Morgan fingerprint density at radius 2 is 1.87 bits per heavy atom. The van der Waals surface area contributed by atoms with Gasteiger partial charge >= 0.3 is 0 Å². The van der Waals surface area contributed by atoms with Gasteiger partial charge < -0.3 is 5.11 Å². The van der Waals surface area contributed by atoms with Gasteiger partial charge in [0, 0.05) is 23.0 Å². The maximum absolute atomic E-state index is 10.0. The van der Waals surface area contributed by atoms with Crippen LogP contribution in [0.5, 0.6) is 0 Å². The third-order valence-electron chi connectivity index (χ3n) is 2.21. The van der Waals surface area contributed by atoms with Crippen molar-refractivity contribution in [1.29, 1.82) is 0 Å². The predicted octanol–water partition coefficient (Wildman–Crippen LogP) is 2.82. The van der Waals surface area contributed by atoms with Crippen molar-refractivity contribution in [3.63, 3.8) is 0 Å². The zero-order valence-corrected chi connectivity index (χ0v) is 8.72. The lowest BCUT2D eigenvalue weighted by molar-refractivity contribution is 0.220. The molecule has 1 atom stereocenters. The first-order valence-electron chi connectivity index (χ1n) is 4.61. The second-order valence-electron chi connectivity index (χ2n) is 3.21. The molecular formula is C12H10ClNO. The molecule has 0 aliphatic carbocycles. The molecule has 0 saturated heterocycles. The Kier molecular flexibility index (Phi) is 2.99. The summed E-state index contributed by atoms with van der Waals surface area (Å²) in [5, 5.41) is 10.6. The summed E-state index contributed by atoms with van der Waals surface area (Å²) >= 11 is 5.97. The molecule has 0 saturated carbocycles. The third-order valence-corrected chi connectivity index (χ3v) is 2.55. The fraction of sp³-hybridized carbons (Fsp3) is 0.0833. The van der Waals surface area contributed by atoms with Crippen LogP contribution in [0.4, 0.5) is 0 Å². The molecule has 15 heavy (non-hydrogen) atoms. The van der Waals surface area contributed by atoms with E-state index in [-0.39, 0.29) is 0 Å². The highest BCUT2D eigenvalue weighted by Crippen LogP contribution is 2.26. The first kappa shape index (κ1) is 10.1. The maximum Gasteiger partial charge on any atom is 0.107 e. The minimum atomic E-state index is -0.715. The largest absolute Gasteiger partial charge is 0.384 e. The molecule has 0 fully saturated rings. The van der Waals surface area contributed by atoms with E-state index >= 15 is 0 Å². The van der Waals surface area contributed by atoms with Gasteiger partial charge in [-0.2, -0.15) is 0 Å². The summed E-state index contributed by atoms with van der Waals surface area (Å²) in [6.45, 7) is 0. The van der Waals surface area contributed by atoms with Crippen LogP contribution in [0.25, 0.3) is 0 Å². The van der Waals surface area contributed by atoms with Crippen molar-refractivity contribution in [1.82, 2.24) is 4.98 Å². The number of aliphatic hydroxyl groups excluding tert-OH is 1. The number of benzene rings is 1. The van der Waals surface area contributed by atoms with E-state index in [0.717, 1.165) is 5.56 Å². The number of pyridine rings is 1. The van der Waals surface area contributed by atoms with Crippen molar-refractivity contribution in [3.05, 3.63) is 64.9 Å². The summed E-state index contributed by atoms with van der Waals surface area (Å²) in [5.74, 6) is 0. The molecule has 2 aromatic rings. The van der Waals surface area contributed by atoms with Crippen LogP contribution in [-0.2, 0) is 0 Å². The summed E-state index contributed by atoms with van der Waals surface area (Å²) in [4.78, 5) is 3.95. The standard InChI is InChI=1S/C12H10ClNO/c13-11-6-7-14-8-10(11)12(15)9-4-2-1-3-5-9/h1-8,12,15H/t12-/m0/s1. The van der Waals surface area contributed by atoms with Gasteiger partial charge in [0.15, 0.2) is 0 Å². The van der Waals surface area contributed by atoms with Gasteiger partial charge in [-0.15, -0.1) is 0 Å². The fourth-order valence-corrected chi connectivity index (χ4v) is 1.61. The molecule has 2 rings (SSSR count). The normalized spacial score (nSPS) is 12.4. The van der Waals surface area contributed by atoms with E-state index in [9.17, 15) is 5.11 Å². The number of aromatic nitrogens is 1. The molecule has 0 unspecified atom stereocenters. The zero-order chi connectivity index (χ0) is 10.7. The third kappa shape index (κ3) is 2.17. The highest BCUT2D eigenvalue weighted by atomic mass is 35.5. The number of hydrogen-bond donors (Lipinski definition) is 1. The molecule has 1 heterocycles. The summed E-state index contributed by atoms with van der Waals surface area (Å²) in [5.41, 5.74) is 1.44. The van der Waals surface area contributed by atoms with Crippen molar-refractivity contribution in [2.45, 2.75) is 6.10 Å². The summed E-state index contributed by atoms with van der Waals surface area (Å²) in [6, 6.07) is 11.0. The maximum atomic E-state index is 10.0. The van der Waals surface area contributed by atoms with Gasteiger partial charge in [-0.1, -0.05) is 41.9 Å². The molecule has 0 radical (unpaired) electrons. The quantitative estimate of drug-likeness (QED) is 0.843. The number of nitrogens with zero attached hydrogens (tertiary/aromatic N) is 1. The van der Waals surface area contributed by atoms with E-state index < -0.39 is 6.10 Å². The minimum Gasteiger partial charge on any atom is -0.384 e. The monoisotopic (exact) mass is 219 g/mol. The van der Waals surface area contributed by atoms with Crippen LogP contribution in [0.2, 0.25) is 5.02 Å². The van der Waals surface area contributed by atoms with Gasteiger partial charge in [0.05, 0.1) is 0 Å². The van der Waals surface area contributed by atoms with Gasteiger partial charge in [0.2, 0.25) is 0 Å². The van der Waals surface area contributed by atoms with Crippen molar-refractivity contribution < 1.29 is 5.11 Å². The lowest BCUT2D eigenvalue weighted by atomic mass is 10.0. The van der Waals surface area contributed by atoms with Crippen molar-refractivity contribution in [2.75, 3.05) is 0 Å². The van der Waals surface area contributed by atoms with Crippen molar-refractivity contribution in [2.24, 2.45) is 0 Å². The zero-order valence-electron chi connectivity index (χ0n) is 7.97. The van der Waals surface area contributed by atoms with Crippen LogP contribution in [0.15, 0.2) is 48.8 Å². The SMILES string of the molecule is O[C@@H](c1ccccc1)c1cnccc1Cl. The molecule has 76 valence electrons. The molecule has 0 bridgehead atoms. The number of hydrogen-bond acceptors (Lipinski definition) is 2. The van der Waals surface area contributed by atoms with Gasteiger partial charge in [-0.05, 0) is 11.6 Å². The predicted molar refractivity (Wildman–Crippen MR) is 59.8 cm³/mol. The molecular weight excluding hydrogens is 210 g/mol. The van der Waals surface area contributed by atoms with Crippen LogP contribution >= 0.6 is 11.6 Å². The Bertz CT molecular complexity index is 444. The van der Waals surface area contributed by atoms with Crippen molar-refractivity contribution in [3.8, 4) is 0 Å². The number of rotatable bonds is 2. The molecule has 0 aliphatic rings. The average Bonchev–Trinajstić information content (AvgIpc) is 2.30. The Morgan fingerprint density at radius 3 is 2.53 bits per heavy atom. The molecule has 0 spiro atoms. The Labute approximate surface area is 93.2 Å². The van der Waals surface area contributed by atoms with E-state index in [1.165, 1.54) is 0 Å². The van der Waals surface area contributed by atoms with Gasteiger partial charge in [0.1, 0.15) is 6.10 Å². The van der Waals surface area contributed by atoms with Crippen LogP contribution in [0.3, 0.4) is 0 Å². The van der Waals surface area contributed by atoms with Crippen molar-refractivity contribution >= 4 is 11.6 Å². The molecule has 0 aliphatic heterocycles. The fourth-order valence-electron chi connectivity index (χ4n) is 1.41. The van der Waals surface area contributed by atoms with E-state index in [0.29, 0.717) is 10.6 Å². The first-order chi connectivity index (χ1) is 7.29. The average molecular weight is 220 g/mol. The molecule has 1 N–H and O–H groups in total. The first-order valence-corrected chi connectivity index (χ1v) is 4.99. The number of halogens is 1. The Balaban J connectivity index is 2.37. The lowest BCUT2D eigenvalue weighted by Gasteiger charge is -2.11. The Morgan fingerprint density at radius 1 is 1.13 bits per heavy atom.